The molecule has 1 aliphatic heterocycles. The van der Waals surface area contributed by atoms with E-state index in [9.17, 15) is 4.79 Å². The van der Waals surface area contributed by atoms with E-state index in [0.29, 0.717) is 25.5 Å². The number of aromatic nitrogens is 1. The first-order valence-electron chi connectivity index (χ1n) is 9.98. The Balaban J connectivity index is 1.74. The van der Waals surface area contributed by atoms with Gasteiger partial charge < -0.3 is 10.1 Å². The van der Waals surface area contributed by atoms with Crippen molar-refractivity contribution in [3.8, 4) is 0 Å². The highest BCUT2D eigenvalue weighted by Gasteiger charge is 2.40. The van der Waals surface area contributed by atoms with E-state index in [2.05, 4.69) is 30.2 Å². The van der Waals surface area contributed by atoms with Crippen LogP contribution in [-0.2, 0) is 22.5 Å². The zero-order valence-corrected chi connectivity index (χ0v) is 17.4. The molecule has 3 rings (SSSR count). The summed E-state index contributed by atoms with van der Waals surface area (Å²) in [5.41, 5.74) is 1.97. The minimum atomic E-state index is -0.142. The third-order valence-electron chi connectivity index (χ3n) is 5.61. The summed E-state index contributed by atoms with van der Waals surface area (Å²) < 4.78 is 6.00. The summed E-state index contributed by atoms with van der Waals surface area (Å²) in [5.74, 6) is 0.490. The summed E-state index contributed by atoms with van der Waals surface area (Å²) in [7, 11) is 0. The molecule has 1 aromatic carbocycles. The first-order valence-corrected chi connectivity index (χ1v) is 10.4. The van der Waals surface area contributed by atoms with Crippen LogP contribution in [0.5, 0.6) is 0 Å². The molecule has 0 unspecified atom stereocenters. The number of nitrogens with zero attached hydrogens (tertiary/aromatic N) is 1. The number of hydrogen-bond acceptors (Lipinski definition) is 3. The normalized spacial score (nSPS) is 22.2. The molecule has 0 radical (unpaired) electrons. The number of hydrogen-bond donors (Lipinski definition) is 1. The van der Waals surface area contributed by atoms with Crippen LogP contribution in [0, 0.1) is 11.3 Å². The van der Waals surface area contributed by atoms with Gasteiger partial charge in [-0.15, -0.1) is 0 Å². The lowest BCUT2D eigenvalue weighted by molar-refractivity contribution is -0.128. The van der Waals surface area contributed by atoms with Crippen LogP contribution in [0.2, 0.25) is 5.02 Å². The van der Waals surface area contributed by atoms with Crippen LogP contribution < -0.4 is 5.32 Å². The van der Waals surface area contributed by atoms with Gasteiger partial charge in [0.1, 0.15) is 0 Å². The van der Waals surface area contributed by atoms with E-state index in [1.807, 2.05) is 30.3 Å². The summed E-state index contributed by atoms with van der Waals surface area (Å²) in [6.45, 7) is 5.54. The van der Waals surface area contributed by atoms with Gasteiger partial charge in [-0.1, -0.05) is 49.7 Å². The van der Waals surface area contributed by atoms with Crippen LogP contribution in [0.1, 0.15) is 44.2 Å². The van der Waals surface area contributed by atoms with Crippen molar-refractivity contribution in [2.45, 2.75) is 52.2 Å². The zero-order valence-electron chi connectivity index (χ0n) is 16.7. The molecule has 0 aliphatic carbocycles. The predicted molar refractivity (Wildman–Crippen MR) is 112 cm³/mol. The third-order valence-corrected chi connectivity index (χ3v) is 5.98. The summed E-state index contributed by atoms with van der Waals surface area (Å²) in [6, 6.07) is 11.8. The predicted octanol–water partition coefficient (Wildman–Crippen LogP) is 4.81. The van der Waals surface area contributed by atoms with E-state index in [1.54, 1.807) is 12.4 Å². The highest BCUT2D eigenvalue weighted by atomic mass is 35.5. The smallest absolute Gasteiger partial charge is 0.220 e. The van der Waals surface area contributed by atoms with Crippen molar-refractivity contribution in [2.24, 2.45) is 11.3 Å². The molecule has 5 heteroatoms. The van der Waals surface area contributed by atoms with Crippen molar-refractivity contribution in [3.63, 3.8) is 0 Å². The standard InChI is InChI=1S/C23H29ClN2O2/c1-17(2)21-13-23(9-11-28-21,12-19-7-3-4-8-20(19)24)14-22(27)26-16-18-6-5-10-25-15-18/h3-8,10,15,17,21H,9,11-14,16H2,1-2H3,(H,26,27)/t21-,23+/m1/s1. The maximum atomic E-state index is 12.8. The SMILES string of the molecule is CC(C)[C@H]1C[C@@](CC(=O)NCc2cccnc2)(Cc2ccccc2Cl)CCO1. The first kappa shape index (κ1) is 20.8. The van der Waals surface area contributed by atoms with Gasteiger partial charge in [-0.25, -0.2) is 0 Å². The lowest BCUT2D eigenvalue weighted by Crippen LogP contribution is -2.42. The Morgan fingerprint density at radius 3 is 2.86 bits per heavy atom. The molecule has 0 spiro atoms. The average Bonchev–Trinajstić information content (AvgIpc) is 2.69. The van der Waals surface area contributed by atoms with Crippen LogP contribution in [0.25, 0.3) is 0 Å². The Hall–Kier alpha value is -1.91. The Labute approximate surface area is 172 Å². The van der Waals surface area contributed by atoms with Gasteiger partial charge in [-0.3, -0.25) is 9.78 Å². The van der Waals surface area contributed by atoms with E-state index in [4.69, 9.17) is 16.3 Å². The van der Waals surface area contributed by atoms with Crippen molar-refractivity contribution in [1.82, 2.24) is 10.3 Å². The molecule has 2 atom stereocenters. The van der Waals surface area contributed by atoms with Crippen molar-refractivity contribution in [3.05, 3.63) is 64.9 Å². The minimum absolute atomic E-state index is 0.0697. The highest BCUT2D eigenvalue weighted by Crippen LogP contribution is 2.42. The van der Waals surface area contributed by atoms with Gasteiger partial charge in [0.15, 0.2) is 0 Å². The molecule has 2 aromatic rings. The quantitative estimate of drug-likeness (QED) is 0.725. The second kappa shape index (κ2) is 9.53. The largest absolute Gasteiger partial charge is 0.378 e. The van der Waals surface area contributed by atoms with Gasteiger partial charge in [0.25, 0.3) is 0 Å². The second-order valence-electron chi connectivity index (χ2n) is 8.19. The van der Waals surface area contributed by atoms with Crippen molar-refractivity contribution in [2.75, 3.05) is 6.61 Å². The lowest BCUT2D eigenvalue weighted by Gasteiger charge is -2.42. The number of ether oxygens (including phenoxy) is 1. The topological polar surface area (TPSA) is 51.2 Å². The van der Waals surface area contributed by atoms with Gasteiger partial charge in [0, 0.05) is 37.0 Å². The fourth-order valence-corrected chi connectivity index (χ4v) is 4.18. The molecular weight excluding hydrogens is 372 g/mol. The van der Waals surface area contributed by atoms with E-state index >= 15 is 0 Å². The average molecular weight is 401 g/mol. The molecule has 1 saturated heterocycles. The molecule has 1 aliphatic rings. The first-order chi connectivity index (χ1) is 13.5. The lowest BCUT2D eigenvalue weighted by atomic mass is 9.69. The summed E-state index contributed by atoms with van der Waals surface area (Å²) in [4.78, 5) is 16.9. The molecule has 1 N–H and O–H groups in total. The number of amides is 1. The molecule has 0 saturated carbocycles. The Morgan fingerprint density at radius 1 is 1.32 bits per heavy atom. The number of carbonyl (C=O) groups is 1. The van der Waals surface area contributed by atoms with Crippen LogP contribution in [-0.4, -0.2) is 23.6 Å². The number of halogens is 1. The molecule has 4 nitrogen and oxygen atoms in total. The van der Waals surface area contributed by atoms with E-state index in [-0.39, 0.29) is 17.4 Å². The maximum absolute atomic E-state index is 12.8. The van der Waals surface area contributed by atoms with Crippen LogP contribution in [0.3, 0.4) is 0 Å². The Bertz CT molecular complexity index is 781. The van der Waals surface area contributed by atoms with E-state index in [1.165, 1.54) is 0 Å². The number of pyridine rings is 1. The second-order valence-corrected chi connectivity index (χ2v) is 8.60. The van der Waals surface area contributed by atoms with Gasteiger partial charge in [0.05, 0.1) is 6.10 Å². The monoisotopic (exact) mass is 400 g/mol. The molecule has 1 fully saturated rings. The summed E-state index contributed by atoms with van der Waals surface area (Å²) >= 11 is 6.44. The van der Waals surface area contributed by atoms with Gasteiger partial charge in [-0.2, -0.15) is 0 Å². The van der Waals surface area contributed by atoms with E-state index < -0.39 is 0 Å². The number of carbonyl (C=O) groups excluding carboxylic acids is 1. The Morgan fingerprint density at radius 2 is 2.14 bits per heavy atom. The van der Waals surface area contributed by atoms with Crippen molar-refractivity contribution < 1.29 is 9.53 Å². The molecular formula is C23H29ClN2O2. The molecule has 1 aromatic heterocycles. The van der Waals surface area contributed by atoms with Gasteiger partial charge in [0.2, 0.25) is 5.91 Å². The number of benzene rings is 1. The summed E-state index contributed by atoms with van der Waals surface area (Å²) in [6.07, 6.45) is 6.69. The molecule has 150 valence electrons. The fourth-order valence-electron chi connectivity index (χ4n) is 3.98. The minimum Gasteiger partial charge on any atom is -0.378 e. The van der Waals surface area contributed by atoms with Crippen molar-refractivity contribution >= 4 is 17.5 Å². The maximum Gasteiger partial charge on any atom is 0.220 e. The van der Waals surface area contributed by atoms with E-state index in [0.717, 1.165) is 35.4 Å². The molecule has 28 heavy (non-hydrogen) atoms. The zero-order chi connectivity index (χ0) is 20.0. The van der Waals surface area contributed by atoms with Crippen LogP contribution >= 0.6 is 11.6 Å². The molecule has 0 bridgehead atoms. The highest BCUT2D eigenvalue weighted by molar-refractivity contribution is 6.31. The Kier molecular flexibility index (Phi) is 7.08. The number of nitrogens with one attached hydrogen (secondary N) is 1. The molecule has 2 heterocycles. The molecule has 1 amide bonds. The van der Waals surface area contributed by atoms with Gasteiger partial charge >= 0.3 is 0 Å². The van der Waals surface area contributed by atoms with Crippen molar-refractivity contribution in [1.29, 1.82) is 0 Å². The van der Waals surface area contributed by atoms with Crippen LogP contribution in [0.15, 0.2) is 48.8 Å². The van der Waals surface area contributed by atoms with Gasteiger partial charge in [-0.05, 0) is 53.9 Å². The summed E-state index contributed by atoms with van der Waals surface area (Å²) in [5, 5.41) is 3.83. The third kappa shape index (κ3) is 5.55. The van der Waals surface area contributed by atoms with Crippen LogP contribution in [0.4, 0.5) is 0 Å². The number of rotatable bonds is 7. The fraction of sp³-hybridized carbons (Fsp3) is 0.478.